The summed E-state index contributed by atoms with van der Waals surface area (Å²) in [4.78, 5) is 14.4. The van der Waals surface area contributed by atoms with E-state index in [9.17, 15) is 4.79 Å². The van der Waals surface area contributed by atoms with Crippen molar-refractivity contribution in [3.05, 3.63) is 53.4 Å². The summed E-state index contributed by atoms with van der Waals surface area (Å²) in [6.45, 7) is 3.17. The van der Waals surface area contributed by atoms with Crippen LogP contribution in [0, 0.1) is 12.8 Å². The van der Waals surface area contributed by atoms with Gasteiger partial charge in [0.2, 0.25) is 5.76 Å². The van der Waals surface area contributed by atoms with Gasteiger partial charge in [-0.1, -0.05) is 35.5 Å². The Balaban J connectivity index is 1.71. The van der Waals surface area contributed by atoms with Crippen LogP contribution >= 0.6 is 0 Å². The molecule has 3 rings (SSSR count). The molecule has 1 saturated heterocycles. The van der Waals surface area contributed by atoms with Gasteiger partial charge >= 0.3 is 0 Å². The average Bonchev–Trinajstić information content (AvgIpc) is 3.01. The molecule has 5 heteroatoms. The highest BCUT2D eigenvalue weighted by Crippen LogP contribution is 2.25. The molecule has 122 valence electrons. The number of hydrogen-bond donors (Lipinski definition) is 0. The van der Waals surface area contributed by atoms with Gasteiger partial charge in [0, 0.05) is 32.2 Å². The van der Waals surface area contributed by atoms with Crippen LogP contribution in [0.1, 0.15) is 28.2 Å². The third kappa shape index (κ3) is 3.62. The van der Waals surface area contributed by atoms with Gasteiger partial charge in [-0.05, 0) is 25.3 Å². The number of aryl methyl sites for hydroxylation is 1. The summed E-state index contributed by atoms with van der Waals surface area (Å²) in [5, 5.41) is 3.80. The number of nitrogens with zero attached hydrogens (tertiary/aromatic N) is 2. The molecule has 1 aromatic carbocycles. The minimum absolute atomic E-state index is 0.0850. The molecular weight excluding hydrogens is 292 g/mol. The summed E-state index contributed by atoms with van der Waals surface area (Å²) >= 11 is 0. The van der Waals surface area contributed by atoms with E-state index in [-0.39, 0.29) is 17.9 Å². The van der Waals surface area contributed by atoms with Crippen molar-refractivity contribution in [1.29, 1.82) is 0 Å². The fourth-order valence-electron chi connectivity index (χ4n) is 3.24. The zero-order valence-corrected chi connectivity index (χ0v) is 13.6. The molecule has 0 saturated carbocycles. The lowest BCUT2D eigenvalue weighted by molar-refractivity contribution is -0.00412. The molecule has 1 amide bonds. The summed E-state index contributed by atoms with van der Waals surface area (Å²) in [5.41, 5.74) is 1.99. The quantitative estimate of drug-likeness (QED) is 0.870. The number of aromatic nitrogens is 1. The van der Waals surface area contributed by atoms with Crippen molar-refractivity contribution in [2.75, 3.05) is 20.2 Å². The highest BCUT2D eigenvalue weighted by molar-refractivity contribution is 5.91. The van der Waals surface area contributed by atoms with E-state index in [0.717, 1.165) is 18.5 Å². The first kappa shape index (κ1) is 15.7. The van der Waals surface area contributed by atoms with E-state index in [2.05, 4.69) is 17.3 Å². The van der Waals surface area contributed by atoms with E-state index in [1.807, 2.05) is 30.0 Å². The lowest BCUT2D eigenvalue weighted by Crippen LogP contribution is -2.47. The molecule has 0 N–H and O–H groups in total. The summed E-state index contributed by atoms with van der Waals surface area (Å²) in [6.07, 6.45) is 1.92. The van der Waals surface area contributed by atoms with Gasteiger partial charge in [-0.3, -0.25) is 4.79 Å². The van der Waals surface area contributed by atoms with Crippen molar-refractivity contribution in [3.8, 4) is 0 Å². The van der Waals surface area contributed by atoms with Crippen molar-refractivity contribution in [3.63, 3.8) is 0 Å². The van der Waals surface area contributed by atoms with E-state index >= 15 is 0 Å². The maximum absolute atomic E-state index is 12.6. The highest BCUT2D eigenvalue weighted by atomic mass is 16.5. The van der Waals surface area contributed by atoms with Crippen molar-refractivity contribution < 1.29 is 14.1 Å². The molecule has 1 aliphatic rings. The summed E-state index contributed by atoms with van der Waals surface area (Å²) in [7, 11) is 1.75. The van der Waals surface area contributed by atoms with Gasteiger partial charge in [-0.15, -0.1) is 0 Å². The van der Waals surface area contributed by atoms with Crippen LogP contribution in [0.4, 0.5) is 0 Å². The second kappa shape index (κ2) is 6.96. The normalized spacial score (nSPS) is 21.4. The zero-order chi connectivity index (χ0) is 16.2. The number of ether oxygens (including phenoxy) is 1. The maximum Gasteiger partial charge on any atom is 0.292 e. The standard InChI is InChI=1S/C18H22N2O3/c1-13-10-17(23-19-13)18(21)20-9-8-16(22-2)15(12-20)11-14-6-4-3-5-7-14/h3-7,10,15-16H,8-9,11-12H2,1-2H3/t15-,16-/m0/s1. The van der Waals surface area contributed by atoms with Crippen LogP contribution in [0.3, 0.4) is 0 Å². The summed E-state index contributed by atoms with van der Waals surface area (Å²) < 4.78 is 10.8. The highest BCUT2D eigenvalue weighted by Gasteiger charge is 2.33. The van der Waals surface area contributed by atoms with Crippen LogP contribution < -0.4 is 0 Å². The number of benzene rings is 1. The predicted molar refractivity (Wildman–Crippen MR) is 86.2 cm³/mol. The molecule has 0 bridgehead atoms. The third-order valence-electron chi connectivity index (χ3n) is 4.43. The molecule has 0 unspecified atom stereocenters. The first-order valence-corrected chi connectivity index (χ1v) is 7.96. The molecule has 5 nitrogen and oxygen atoms in total. The summed E-state index contributed by atoms with van der Waals surface area (Å²) in [5.74, 6) is 0.513. The molecule has 0 radical (unpaired) electrons. The van der Waals surface area contributed by atoms with Crippen LogP contribution in [0.15, 0.2) is 40.9 Å². The molecule has 23 heavy (non-hydrogen) atoms. The Morgan fingerprint density at radius 1 is 1.39 bits per heavy atom. The van der Waals surface area contributed by atoms with Crippen LogP contribution in [0.25, 0.3) is 0 Å². The Morgan fingerprint density at radius 3 is 2.83 bits per heavy atom. The first-order chi connectivity index (χ1) is 11.2. The molecule has 1 fully saturated rings. The zero-order valence-electron chi connectivity index (χ0n) is 13.6. The monoisotopic (exact) mass is 314 g/mol. The SMILES string of the molecule is CO[C@H]1CCN(C(=O)c2cc(C)no2)C[C@@H]1Cc1ccccc1. The average molecular weight is 314 g/mol. The molecule has 2 aromatic rings. The predicted octanol–water partition coefficient (Wildman–Crippen LogP) is 2.70. The minimum Gasteiger partial charge on any atom is -0.381 e. The molecule has 1 aliphatic heterocycles. The van der Waals surface area contributed by atoms with Crippen LogP contribution in [-0.4, -0.2) is 42.3 Å². The van der Waals surface area contributed by atoms with Crippen molar-refractivity contribution in [2.24, 2.45) is 5.92 Å². The van der Waals surface area contributed by atoms with Gasteiger partial charge in [-0.25, -0.2) is 0 Å². The van der Waals surface area contributed by atoms with E-state index in [1.165, 1.54) is 5.56 Å². The molecular formula is C18H22N2O3. The number of methoxy groups -OCH3 is 1. The molecule has 2 heterocycles. The summed E-state index contributed by atoms with van der Waals surface area (Å²) in [6, 6.07) is 12.0. The molecule has 0 spiro atoms. The Morgan fingerprint density at radius 2 is 2.17 bits per heavy atom. The number of amides is 1. The number of carbonyl (C=O) groups excluding carboxylic acids is 1. The van der Waals surface area contributed by atoms with Gasteiger partial charge in [0.1, 0.15) is 0 Å². The van der Waals surface area contributed by atoms with E-state index < -0.39 is 0 Å². The number of piperidine rings is 1. The fourth-order valence-corrected chi connectivity index (χ4v) is 3.24. The van der Waals surface area contributed by atoms with Crippen molar-refractivity contribution in [1.82, 2.24) is 10.1 Å². The first-order valence-electron chi connectivity index (χ1n) is 7.96. The van der Waals surface area contributed by atoms with Crippen molar-refractivity contribution >= 4 is 5.91 Å². The molecule has 1 aromatic heterocycles. The Bertz CT molecular complexity index is 653. The van der Waals surface area contributed by atoms with E-state index in [0.29, 0.717) is 18.8 Å². The lowest BCUT2D eigenvalue weighted by Gasteiger charge is -2.37. The van der Waals surface area contributed by atoms with E-state index in [1.54, 1.807) is 13.2 Å². The Hall–Kier alpha value is -2.14. The lowest BCUT2D eigenvalue weighted by atomic mass is 9.88. The molecule has 0 aliphatic carbocycles. The van der Waals surface area contributed by atoms with Gasteiger partial charge in [0.15, 0.2) is 0 Å². The van der Waals surface area contributed by atoms with Crippen LogP contribution in [0.5, 0.6) is 0 Å². The van der Waals surface area contributed by atoms with Gasteiger partial charge in [-0.2, -0.15) is 0 Å². The second-order valence-corrected chi connectivity index (χ2v) is 6.10. The van der Waals surface area contributed by atoms with Gasteiger partial charge in [0.25, 0.3) is 5.91 Å². The van der Waals surface area contributed by atoms with Crippen LogP contribution in [-0.2, 0) is 11.2 Å². The van der Waals surface area contributed by atoms with Gasteiger partial charge in [0.05, 0.1) is 11.8 Å². The smallest absolute Gasteiger partial charge is 0.292 e. The van der Waals surface area contributed by atoms with Gasteiger partial charge < -0.3 is 14.2 Å². The molecule has 2 atom stereocenters. The van der Waals surface area contributed by atoms with E-state index in [4.69, 9.17) is 9.26 Å². The topological polar surface area (TPSA) is 55.6 Å². The second-order valence-electron chi connectivity index (χ2n) is 6.10. The number of likely N-dealkylation sites (tertiary alicyclic amines) is 1. The van der Waals surface area contributed by atoms with Crippen LogP contribution in [0.2, 0.25) is 0 Å². The number of rotatable bonds is 4. The maximum atomic E-state index is 12.6. The largest absolute Gasteiger partial charge is 0.381 e. The Labute approximate surface area is 136 Å². The Kier molecular flexibility index (Phi) is 4.76. The van der Waals surface area contributed by atoms with Crippen molar-refractivity contribution in [2.45, 2.75) is 25.9 Å². The fraction of sp³-hybridized carbons (Fsp3) is 0.444. The minimum atomic E-state index is -0.0850. The number of hydrogen-bond acceptors (Lipinski definition) is 4. The number of carbonyl (C=O) groups is 1. The third-order valence-corrected chi connectivity index (χ3v) is 4.43.